The Morgan fingerprint density at radius 3 is 1.77 bits per heavy atom. The van der Waals surface area contributed by atoms with Crippen molar-refractivity contribution in [3.63, 3.8) is 0 Å². The van der Waals surface area contributed by atoms with Gasteiger partial charge in [-0.15, -0.1) is 0 Å². The second-order valence-electron chi connectivity index (χ2n) is 8.80. The van der Waals surface area contributed by atoms with E-state index in [0.29, 0.717) is 31.9 Å². The normalized spacial score (nSPS) is 14.7. The first-order valence-electron chi connectivity index (χ1n) is 12.1. The molecule has 35 heavy (non-hydrogen) atoms. The molecule has 1 aliphatic rings. The van der Waals surface area contributed by atoms with Crippen LogP contribution in [0.4, 0.5) is 0 Å². The molecule has 3 aromatic carbocycles. The van der Waals surface area contributed by atoms with Gasteiger partial charge in [0.15, 0.2) is 6.61 Å². The van der Waals surface area contributed by atoms with E-state index >= 15 is 0 Å². The Morgan fingerprint density at radius 2 is 1.26 bits per heavy atom. The summed E-state index contributed by atoms with van der Waals surface area (Å²) < 4.78 is 33.3. The molecule has 1 amide bonds. The second-order valence-corrected chi connectivity index (χ2v) is 10.7. The Morgan fingerprint density at radius 1 is 0.743 bits per heavy atom. The number of nitrogens with zero attached hydrogens (tertiary/aromatic N) is 2. The van der Waals surface area contributed by atoms with Crippen molar-refractivity contribution in [1.82, 2.24) is 9.21 Å². The van der Waals surface area contributed by atoms with E-state index in [1.54, 1.807) is 33.5 Å². The van der Waals surface area contributed by atoms with Gasteiger partial charge < -0.3 is 9.64 Å². The van der Waals surface area contributed by atoms with Crippen LogP contribution in [-0.4, -0.2) is 43.2 Å². The smallest absolute Gasteiger partial charge is 0.261 e. The largest absolute Gasteiger partial charge is 0.484 e. The molecule has 0 radical (unpaired) electrons. The topological polar surface area (TPSA) is 66.9 Å². The molecule has 1 fully saturated rings. The minimum Gasteiger partial charge on any atom is -0.484 e. The number of benzene rings is 3. The maximum Gasteiger partial charge on any atom is 0.261 e. The first-order valence-corrected chi connectivity index (χ1v) is 13.5. The molecule has 0 aromatic heterocycles. The number of ether oxygens (including phenoxy) is 1. The number of rotatable bonds is 9. The van der Waals surface area contributed by atoms with Crippen molar-refractivity contribution in [1.29, 1.82) is 0 Å². The fourth-order valence-corrected chi connectivity index (χ4v) is 5.73. The highest BCUT2D eigenvalue weighted by Gasteiger charge is 2.25. The molecule has 7 heteroatoms. The summed E-state index contributed by atoms with van der Waals surface area (Å²) in [6.07, 6.45) is 3.92. The molecule has 0 atom stereocenters. The molecule has 184 valence electrons. The zero-order valence-corrected chi connectivity index (χ0v) is 20.7. The molecular weight excluding hydrogens is 460 g/mol. The second kappa shape index (κ2) is 12.0. The Balaban J connectivity index is 1.40. The Hall–Kier alpha value is -3.16. The van der Waals surface area contributed by atoms with Gasteiger partial charge in [0.2, 0.25) is 10.0 Å². The van der Waals surface area contributed by atoms with E-state index in [1.807, 2.05) is 60.7 Å². The van der Waals surface area contributed by atoms with Gasteiger partial charge in [0.05, 0.1) is 4.90 Å². The molecule has 1 heterocycles. The van der Waals surface area contributed by atoms with E-state index in [-0.39, 0.29) is 17.4 Å². The fraction of sp³-hybridized carbons (Fsp3) is 0.321. The van der Waals surface area contributed by atoms with Crippen molar-refractivity contribution in [2.75, 3.05) is 19.7 Å². The van der Waals surface area contributed by atoms with E-state index in [4.69, 9.17) is 4.74 Å². The Kier molecular flexibility index (Phi) is 8.55. The highest BCUT2D eigenvalue weighted by Crippen LogP contribution is 2.22. The van der Waals surface area contributed by atoms with Crippen LogP contribution in [0.1, 0.15) is 36.8 Å². The van der Waals surface area contributed by atoms with Gasteiger partial charge in [0, 0.05) is 26.2 Å². The number of amides is 1. The molecular formula is C28H32N2O4S. The van der Waals surface area contributed by atoms with E-state index in [9.17, 15) is 13.2 Å². The Bertz CT molecular complexity index is 1130. The number of sulfonamides is 1. The van der Waals surface area contributed by atoms with Crippen molar-refractivity contribution in [2.45, 2.75) is 43.7 Å². The van der Waals surface area contributed by atoms with Crippen LogP contribution in [0.15, 0.2) is 89.8 Å². The van der Waals surface area contributed by atoms with E-state index < -0.39 is 10.0 Å². The molecule has 0 spiro atoms. The van der Waals surface area contributed by atoms with Crippen LogP contribution in [0.2, 0.25) is 0 Å². The Labute approximate surface area is 208 Å². The van der Waals surface area contributed by atoms with Gasteiger partial charge in [-0.1, -0.05) is 73.5 Å². The van der Waals surface area contributed by atoms with Crippen LogP contribution in [0.25, 0.3) is 0 Å². The summed E-state index contributed by atoms with van der Waals surface area (Å²) in [6.45, 7) is 1.95. The predicted octanol–water partition coefficient (Wildman–Crippen LogP) is 4.86. The first-order chi connectivity index (χ1) is 17.0. The molecule has 0 unspecified atom stereocenters. The predicted molar refractivity (Wildman–Crippen MR) is 136 cm³/mol. The van der Waals surface area contributed by atoms with Crippen molar-refractivity contribution >= 4 is 15.9 Å². The monoisotopic (exact) mass is 492 g/mol. The number of carbonyl (C=O) groups is 1. The third kappa shape index (κ3) is 6.93. The SMILES string of the molecule is O=C(COc1ccc(S(=O)(=O)N2CCCCCC2)cc1)N(Cc1ccccc1)Cc1ccccc1. The van der Waals surface area contributed by atoms with Crippen LogP contribution < -0.4 is 4.74 Å². The van der Waals surface area contributed by atoms with Gasteiger partial charge in [-0.2, -0.15) is 4.31 Å². The van der Waals surface area contributed by atoms with Crippen LogP contribution in [-0.2, 0) is 27.9 Å². The highest BCUT2D eigenvalue weighted by atomic mass is 32.2. The van der Waals surface area contributed by atoms with E-state index in [1.165, 1.54) is 0 Å². The summed E-state index contributed by atoms with van der Waals surface area (Å²) in [6, 6.07) is 26.1. The lowest BCUT2D eigenvalue weighted by atomic mass is 10.1. The van der Waals surface area contributed by atoms with Crippen molar-refractivity contribution in [2.24, 2.45) is 0 Å². The number of carbonyl (C=O) groups excluding carboxylic acids is 1. The average molecular weight is 493 g/mol. The molecule has 0 aliphatic carbocycles. The summed E-state index contributed by atoms with van der Waals surface area (Å²) >= 11 is 0. The third-order valence-electron chi connectivity index (χ3n) is 6.17. The minimum atomic E-state index is -3.51. The summed E-state index contributed by atoms with van der Waals surface area (Å²) in [5, 5.41) is 0. The lowest BCUT2D eigenvalue weighted by molar-refractivity contribution is -0.134. The number of hydrogen-bond acceptors (Lipinski definition) is 4. The maximum atomic E-state index is 13.1. The van der Waals surface area contributed by atoms with E-state index in [2.05, 4.69) is 0 Å². The lowest BCUT2D eigenvalue weighted by Crippen LogP contribution is -2.34. The molecule has 1 saturated heterocycles. The first kappa shape index (κ1) is 24.9. The average Bonchev–Trinajstić information content (AvgIpc) is 3.19. The molecule has 4 rings (SSSR count). The lowest BCUT2D eigenvalue weighted by Gasteiger charge is -2.23. The van der Waals surface area contributed by atoms with Gasteiger partial charge in [-0.3, -0.25) is 4.79 Å². The number of hydrogen-bond donors (Lipinski definition) is 0. The third-order valence-corrected chi connectivity index (χ3v) is 8.09. The van der Waals surface area contributed by atoms with Gasteiger partial charge in [0.25, 0.3) is 5.91 Å². The molecule has 6 nitrogen and oxygen atoms in total. The van der Waals surface area contributed by atoms with Gasteiger partial charge >= 0.3 is 0 Å². The minimum absolute atomic E-state index is 0.127. The standard InChI is InChI=1S/C28H32N2O4S/c31-28(29(21-24-11-5-3-6-12-24)22-25-13-7-4-8-14-25)23-34-26-15-17-27(18-16-26)35(32,33)30-19-9-1-2-10-20-30/h3-8,11-18H,1-2,9-10,19-23H2. The van der Waals surface area contributed by atoms with Crippen LogP contribution >= 0.6 is 0 Å². The fourth-order valence-electron chi connectivity index (χ4n) is 4.22. The zero-order chi connectivity index (χ0) is 24.5. The van der Waals surface area contributed by atoms with Crippen molar-refractivity contribution in [3.05, 3.63) is 96.1 Å². The van der Waals surface area contributed by atoms with Crippen LogP contribution in [0.5, 0.6) is 5.75 Å². The molecule has 0 N–H and O–H groups in total. The summed E-state index contributed by atoms with van der Waals surface area (Å²) in [4.78, 5) is 15.1. The van der Waals surface area contributed by atoms with Crippen molar-refractivity contribution in [3.8, 4) is 5.75 Å². The molecule has 1 aliphatic heterocycles. The summed E-state index contributed by atoms with van der Waals surface area (Å²) in [7, 11) is -3.51. The van der Waals surface area contributed by atoms with Gasteiger partial charge in [0.1, 0.15) is 5.75 Å². The van der Waals surface area contributed by atoms with Gasteiger partial charge in [-0.25, -0.2) is 8.42 Å². The summed E-state index contributed by atoms with van der Waals surface area (Å²) in [5.74, 6) is 0.325. The van der Waals surface area contributed by atoms with E-state index in [0.717, 1.165) is 36.8 Å². The van der Waals surface area contributed by atoms with Gasteiger partial charge in [-0.05, 0) is 48.2 Å². The summed E-state index contributed by atoms with van der Waals surface area (Å²) in [5.41, 5.74) is 2.08. The van der Waals surface area contributed by atoms with Crippen LogP contribution in [0.3, 0.4) is 0 Å². The molecule has 3 aromatic rings. The zero-order valence-electron chi connectivity index (χ0n) is 19.9. The van der Waals surface area contributed by atoms with Crippen molar-refractivity contribution < 1.29 is 17.9 Å². The highest BCUT2D eigenvalue weighted by molar-refractivity contribution is 7.89. The maximum absolute atomic E-state index is 13.1. The van der Waals surface area contributed by atoms with Crippen LogP contribution in [0, 0.1) is 0 Å². The quantitative estimate of drug-likeness (QED) is 0.428. The molecule has 0 saturated carbocycles. The molecule has 0 bridgehead atoms.